The Morgan fingerprint density at radius 1 is 1.10 bits per heavy atom. The van der Waals surface area contributed by atoms with Crippen molar-refractivity contribution >= 4 is 0 Å². The SMILES string of the molecule is CCNC(C)Cc1ccc(-c2cc(F)ccc2C)cc1. The highest BCUT2D eigenvalue weighted by molar-refractivity contribution is 5.67. The van der Waals surface area contributed by atoms with Crippen molar-refractivity contribution < 1.29 is 4.39 Å². The Morgan fingerprint density at radius 3 is 2.45 bits per heavy atom. The molecule has 2 rings (SSSR count). The van der Waals surface area contributed by atoms with Gasteiger partial charge in [-0.15, -0.1) is 0 Å². The lowest BCUT2D eigenvalue weighted by atomic mass is 9.98. The van der Waals surface area contributed by atoms with Crippen LogP contribution in [-0.2, 0) is 6.42 Å². The third-order valence-corrected chi connectivity index (χ3v) is 3.56. The topological polar surface area (TPSA) is 12.0 Å². The van der Waals surface area contributed by atoms with Crippen LogP contribution in [0.3, 0.4) is 0 Å². The maximum Gasteiger partial charge on any atom is 0.123 e. The van der Waals surface area contributed by atoms with E-state index in [1.807, 2.05) is 13.0 Å². The first-order valence-corrected chi connectivity index (χ1v) is 7.19. The summed E-state index contributed by atoms with van der Waals surface area (Å²) in [6.45, 7) is 7.30. The minimum Gasteiger partial charge on any atom is -0.314 e. The lowest BCUT2D eigenvalue weighted by Gasteiger charge is -2.13. The number of nitrogens with one attached hydrogen (secondary N) is 1. The number of likely N-dealkylation sites (N-methyl/N-ethyl adjacent to an activating group) is 1. The summed E-state index contributed by atoms with van der Waals surface area (Å²) in [5.41, 5.74) is 4.44. The first kappa shape index (κ1) is 14.7. The largest absolute Gasteiger partial charge is 0.314 e. The molecule has 20 heavy (non-hydrogen) atoms. The molecule has 1 N–H and O–H groups in total. The van der Waals surface area contributed by atoms with Crippen LogP contribution in [0, 0.1) is 12.7 Å². The maximum atomic E-state index is 13.4. The third-order valence-electron chi connectivity index (χ3n) is 3.56. The van der Waals surface area contributed by atoms with Crippen molar-refractivity contribution in [3.63, 3.8) is 0 Å². The molecule has 0 spiro atoms. The van der Waals surface area contributed by atoms with Crippen molar-refractivity contribution in [3.05, 3.63) is 59.4 Å². The van der Waals surface area contributed by atoms with Crippen LogP contribution in [0.25, 0.3) is 11.1 Å². The van der Waals surface area contributed by atoms with Gasteiger partial charge in [0.1, 0.15) is 5.82 Å². The highest BCUT2D eigenvalue weighted by atomic mass is 19.1. The van der Waals surface area contributed by atoms with Gasteiger partial charge >= 0.3 is 0 Å². The van der Waals surface area contributed by atoms with Crippen LogP contribution in [0.15, 0.2) is 42.5 Å². The summed E-state index contributed by atoms with van der Waals surface area (Å²) in [7, 11) is 0. The summed E-state index contributed by atoms with van der Waals surface area (Å²) in [5.74, 6) is -0.185. The number of hydrogen-bond donors (Lipinski definition) is 1. The van der Waals surface area contributed by atoms with Gasteiger partial charge in [0.2, 0.25) is 0 Å². The molecule has 0 amide bonds. The van der Waals surface area contributed by atoms with Crippen LogP contribution in [0.4, 0.5) is 4.39 Å². The lowest BCUT2D eigenvalue weighted by Crippen LogP contribution is -2.27. The average molecular weight is 271 g/mol. The quantitative estimate of drug-likeness (QED) is 0.853. The highest BCUT2D eigenvalue weighted by Gasteiger charge is 2.05. The van der Waals surface area contributed by atoms with Crippen molar-refractivity contribution in [2.75, 3.05) is 6.54 Å². The molecule has 0 radical (unpaired) electrons. The van der Waals surface area contributed by atoms with Gasteiger partial charge in [-0.2, -0.15) is 0 Å². The van der Waals surface area contributed by atoms with Gasteiger partial charge in [0.25, 0.3) is 0 Å². The zero-order valence-corrected chi connectivity index (χ0v) is 12.4. The number of benzene rings is 2. The van der Waals surface area contributed by atoms with Gasteiger partial charge in [-0.05, 0) is 61.2 Å². The van der Waals surface area contributed by atoms with Crippen LogP contribution in [0.2, 0.25) is 0 Å². The fourth-order valence-corrected chi connectivity index (χ4v) is 2.50. The smallest absolute Gasteiger partial charge is 0.123 e. The van der Waals surface area contributed by atoms with Crippen LogP contribution in [0.5, 0.6) is 0 Å². The highest BCUT2D eigenvalue weighted by Crippen LogP contribution is 2.24. The van der Waals surface area contributed by atoms with E-state index in [9.17, 15) is 4.39 Å². The monoisotopic (exact) mass is 271 g/mol. The molecule has 0 saturated carbocycles. The first-order valence-electron chi connectivity index (χ1n) is 7.19. The van der Waals surface area contributed by atoms with E-state index in [0.29, 0.717) is 6.04 Å². The molecule has 0 aromatic heterocycles. The lowest BCUT2D eigenvalue weighted by molar-refractivity contribution is 0.565. The van der Waals surface area contributed by atoms with E-state index in [1.54, 1.807) is 6.07 Å². The number of halogens is 1. The number of aryl methyl sites for hydroxylation is 1. The molecular formula is C18H22FN. The molecule has 1 atom stereocenters. The molecule has 0 bridgehead atoms. The molecule has 2 heteroatoms. The van der Waals surface area contributed by atoms with Crippen molar-refractivity contribution in [1.29, 1.82) is 0 Å². The summed E-state index contributed by atoms with van der Waals surface area (Å²) in [4.78, 5) is 0. The molecule has 0 heterocycles. The predicted molar refractivity (Wildman–Crippen MR) is 83.4 cm³/mol. The van der Waals surface area contributed by atoms with Crippen molar-refractivity contribution in [3.8, 4) is 11.1 Å². The minimum atomic E-state index is -0.185. The molecule has 2 aromatic carbocycles. The Bertz CT molecular complexity index is 560. The van der Waals surface area contributed by atoms with E-state index < -0.39 is 0 Å². The predicted octanol–water partition coefficient (Wildman–Crippen LogP) is 4.34. The Morgan fingerprint density at radius 2 is 1.80 bits per heavy atom. The van der Waals surface area contributed by atoms with Crippen LogP contribution in [-0.4, -0.2) is 12.6 Å². The molecule has 1 nitrogen and oxygen atoms in total. The van der Waals surface area contributed by atoms with Gasteiger partial charge in [0.05, 0.1) is 0 Å². The van der Waals surface area contributed by atoms with Crippen LogP contribution < -0.4 is 5.32 Å². The maximum absolute atomic E-state index is 13.4. The van der Waals surface area contributed by atoms with E-state index in [0.717, 1.165) is 29.7 Å². The van der Waals surface area contributed by atoms with E-state index in [-0.39, 0.29) is 5.82 Å². The molecular weight excluding hydrogens is 249 g/mol. The Hall–Kier alpha value is -1.67. The summed E-state index contributed by atoms with van der Waals surface area (Å²) in [5, 5.41) is 3.41. The van der Waals surface area contributed by atoms with E-state index in [4.69, 9.17) is 0 Å². The van der Waals surface area contributed by atoms with Gasteiger partial charge in [0, 0.05) is 6.04 Å². The molecule has 0 saturated heterocycles. The summed E-state index contributed by atoms with van der Waals surface area (Å²) >= 11 is 0. The summed E-state index contributed by atoms with van der Waals surface area (Å²) in [6.07, 6.45) is 1.01. The standard InChI is InChI=1S/C18H22FN/c1-4-20-14(3)11-15-6-8-16(9-7-15)18-12-17(19)10-5-13(18)2/h5-10,12,14,20H,4,11H2,1-3H3. The average Bonchev–Trinajstić information content (AvgIpc) is 2.43. The zero-order valence-electron chi connectivity index (χ0n) is 12.4. The van der Waals surface area contributed by atoms with Gasteiger partial charge in [-0.3, -0.25) is 0 Å². The second kappa shape index (κ2) is 6.67. The van der Waals surface area contributed by atoms with Gasteiger partial charge in [0.15, 0.2) is 0 Å². The number of rotatable bonds is 5. The van der Waals surface area contributed by atoms with Crippen LogP contribution >= 0.6 is 0 Å². The molecule has 0 aliphatic rings. The van der Waals surface area contributed by atoms with E-state index >= 15 is 0 Å². The fraction of sp³-hybridized carbons (Fsp3) is 0.333. The Kier molecular flexibility index (Phi) is 4.91. The Labute approximate surface area is 120 Å². The molecule has 2 aromatic rings. The first-order chi connectivity index (χ1) is 9.60. The molecule has 0 aliphatic heterocycles. The van der Waals surface area contributed by atoms with Crippen molar-refractivity contribution in [2.45, 2.75) is 33.2 Å². The minimum absolute atomic E-state index is 0.185. The summed E-state index contributed by atoms with van der Waals surface area (Å²) in [6, 6.07) is 13.8. The van der Waals surface area contributed by atoms with Crippen molar-refractivity contribution in [2.24, 2.45) is 0 Å². The normalized spacial score (nSPS) is 12.4. The molecule has 1 unspecified atom stereocenters. The zero-order chi connectivity index (χ0) is 14.5. The molecule has 0 fully saturated rings. The fourth-order valence-electron chi connectivity index (χ4n) is 2.50. The van der Waals surface area contributed by atoms with Gasteiger partial charge in [-0.1, -0.05) is 37.3 Å². The van der Waals surface area contributed by atoms with E-state index in [1.165, 1.54) is 11.6 Å². The van der Waals surface area contributed by atoms with Gasteiger partial charge in [-0.25, -0.2) is 4.39 Å². The Balaban J connectivity index is 2.17. The second-order valence-electron chi connectivity index (χ2n) is 5.32. The molecule has 0 aliphatic carbocycles. The second-order valence-corrected chi connectivity index (χ2v) is 5.32. The van der Waals surface area contributed by atoms with E-state index in [2.05, 4.69) is 43.4 Å². The summed E-state index contributed by atoms with van der Waals surface area (Å²) < 4.78 is 13.4. The van der Waals surface area contributed by atoms with Crippen LogP contribution in [0.1, 0.15) is 25.0 Å². The van der Waals surface area contributed by atoms with Crippen molar-refractivity contribution in [1.82, 2.24) is 5.32 Å². The molecule has 106 valence electrons. The third kappa shape index (κ3) is 3.67. The number of hydrogen-bond acceptors (Lipinski definition) is 1. The van der Waals surface area contributed by atoms with Gasteiger partial charge < -0.3 is 5.32 Å².